The minimum Gasteiger partial charge on any atom is -0.508 e. The minimum atomic E-state index is -1.61. The van der Waals surface area contributed by atoms with Crippen LogP contribution in [0.25, 0.3) is 0 Å². The van der Waals surface area contributed by atoms with Gasteiger partial charge in [-0.25, -0.2) is 4.79 Å². The van der Waals surface area contributed by atoms with Gasteiger partial charge in [0, 0.05) is 19.4 Å². The van der Waals surface area contributed by atoms with Crippen LogP contribution in [-0.4, -0.2) is 87.6 Å². The summed E-state index contributed by atoms with van der Waals surface area (Å²) in [5, 5.41) is 34.8. The molecule has 0 aliphatic carbocycles. The number of aliphatic imine (C=N–C) groups is 1. The number of benzene rings is 1. The van der Waals surface area contributed by atoms with Gasteiger partial charge in [-0.05, 0) is 37.0 Å². The number of rotatable bonds is 18. The number of nitrogens with zero attached hydrogens (tertiary/aromatic N) is 1. The van der Waals surface area contributed by atoms with Crippen LogP contribution in [0.2, 0.25) is 0 Å². The zero-order valence-electron chi connectivity index (χ0n) is 22.1. The molecule has 0 aliphatic rings. The number of nitrogens with one attached hydrogen (secondary N) is 3. The smallest absolute Gasteiger partial charge is 0.326 e. The van der Waals surface area contributed by atoms with Gasteiger partial charge in [0.2, 0.25) is 23.6 Å². The van der Waals surface area contributed by atoms with Crippen molar-refractivity contribution in [3.05, 3.63) is 29.8 Å². The summed E-state index contributed by atoms with van der Waals surface area (Å²) < 4.78 is 0. The van der Waals surface area contributed by atoms with Gasteiger partial charge in [-0.1, -0.05) is 12.1 Å². The van der Waals surface area contributed by atoms with E-state index in [1.54, 1.807) is 0 Å². The molecule has 0 radical (unpaired) electrons. The molecule has 17 nitrogen and oxygen atoms in total. The first-order valence-corrected chi connectivity index (χ1v) is 12.4. The number of carboxylic acids is 2. The predicted octanol–water partition coefficient (Wildman–Crippen LogP) is -3.41. The molecular formula is C24H36N8O9. The summed E-state index contributed by atoms with van der Waals surface area (Å²) in [6.07, 6.45) is -1.37. The maximum atomic E-state index is 13.2. The Morgan fingerprint density at radius 1 is 0.805 bits per heavy atom. The third kappa shape index (κ3) is 13.6. The molecule has 0 saturated heterocycles. The van der Waals surface area contributed by atoms with Crippen molar-refractivity contribution in [3.8, 4) is 5.75 Å². The molecule has 14 N–H and O–H groups in total. The molecule has 1 rings (SSSR count). The zero-order chi connectivity index (χ0) is 31.1. The fourth-order valence-electron chi connectivity index (χ4n) is 3.48. The number of aromatic hydroxyl groups is 1. The van der Waals surface area contributed by atoms with Gasteiger partial charge >= 0.3 is 11.9 Å². The molecule has 41 heavy (non-hydrogen) atoms. The summed E-state index contributed by atoms with van der Waals surface area (Å²) in [7, 11) is 0. The van der Waals surface area contributed by atoms with E-state index in [0.29, 0.717) is 5.56 Å². The standard InChI is InChI=1S/C24H36N8O9/c25-14(7-8-19(35)36)20(37)31-16(10-12-3-5-13(33)6-4-12)21(38)32-17(11-18(26)34)22(39)30-15(23(40)41)2-1-9-29-24(27)28/h3-6,14-17,33H,1-2,7-11,25H2,(H2,26,34)(H,30,39)(H,31,37)(H,32,38)(H,35,36)(H,40,41)(H4,27,28,29). The van der Waals surface area contributed by atoms with Crippen LogP contribution >= 0.6 is 0 Å². The number of primary amides is 1. The number of nitrogens with two attached hydrogens (primary N) is 4. The van der Waals surface area contributed by atoms with Crippen molar-refractivity contribution < 1.29 is 44.1 Å². The molecule has 0 saturated carbocycles. The van der Waals surface area contributed by atoms with E-state index in [1.807, 2.05) is 0 Å². The van der Waals surface area contributed by atoms with Gasteiger partial charge in [-0.15, -0.1) is 0 Å². The third-order valence-corrected chi connectivity index (χ3v) is 5.61. The van der Waals surface area contributed by atoms with E-state index < -0.39 is 72.6 Å². The normalized spacial score (nSPS) is 13.5. The predicted molar refractivity (Wildman–Crippen MR) is 144 cm³/mol. The summed E-state index contributed by atoms with van der Waals surface area (Å²) in [5.74, 6) is -6.63. The van der Waals surface area contributed by atoms with Crippen LogP contribution in [0.15, 0.2) is 29.3 Å². The number of hydrogen-bond acceptors (Lipinski definition) is 9. The van der Waals surface area contributed by atoms with Crippen molar-refractivity contribution in [3.63, 3.8) is 0 Å². The van der Waals surface area contributed by atoms with Crippen LogP contribution in [-0.2, 0) is 35.2 Å². The van der Waals surface area contributed by atoms with Crippen LogP contribution in [0, 0.1) is 0 Å². The Morgan fingerprint density at radius 3 is 1.90 bits per heavy atom. The molecule has 1 aromatic rings. The highest BCUT2D eigenvalue weighted by atomic mass is 16.4. The number of carbonyl (C=O) groups excluding carboxylic acids is 4. The SMILES string of the molecule is NC(=O)CC(NC(=O)C(Cc1ccc(O)cc1)NC(=O)C(N)CCC(=O)O)C(=O)NC(CCCN=C(N)N)C(=O)O. The van der Waals surface area contributed by atoms with Gasteiger partial charge in [0.1, 0.15) is 23.9 Å². The summed E-state index contributed by atoms with van der Waals surface area (Å²) in [6.45, 7) is 0.0939. The van der Waals surface area contributed by atoms with Crippen molar-refractivity contribution in [2.75, 3.05) is 6.54 Å². The summed E-state index contributed by atoms with van der Waals surface area (Å²) >= 11 is 0. The molecule has 0 aliphatic heterocycles. The molecule has 0 fully saturated rings. The second-order valence-electron chi connectivity index (χ2n) is 9.05. The van der Waals surface area contributed by atoms with E-state index in [1.165, 1.54) is 24.3 Å². The molecule has 0 bridgehead atoms. The Hall–Kier alpha value is -4.93. The number of guanidine groups is 1. The van der Waals surface area contributed by atoms with Crippen molar-refractivity contribution >= 4 is 41.5 Å². The van der Waals surface area contributed by atoms with E-state index in [0.717, 1.165) is 0 Å². The van der Waals surface area contributed by atoms with E-state index in [4.69, 9.17) is 28.0 Å². The maximum Gasteiger partial charge on any atom is 0.326 e. The van der Waals surface area contributed by atoms with Crippen molar-refractivity contribution in [1.29, 1.82) is 0 Å². The summed E-state index contributed by atoms with van der Waals surface area (Å²) in [5.41, 5.74) is 21.9. The third-order valence-electron chi connectivity index (χ3n) is 5.61. The molecule has 0 spiro atoms. The van der Waals surface area contributed by atoms with Crippen molar-refractivity contribution in [1.82, 2.24) is 16.0 Å². The molecule has 4 atom stereocenters. The number of phenols is 1. The van der Waals surface area contributed by atoms with E-state index >= 15 is 0 Å². The molecule has 0 heterocycles. The average Bonchev–Trinajstić information content (AvgIpc) is 2.88. The number of carbonyl (C=O) groups is 6. The monoisotopic (exact) mass is 580 g/mol. The average molecular weight is 581 g/mol. The summed E-state index contributed by atoms with van der Waals surface area (Å²) in [4.78, 5) is 76.6. The fourth-order valence-corrected chi connectivity index (χ4v) is 3.48. The van der Waals surface area contributed by atoms with Gasteiger partial charge in [-0.2, -0.15) is 0 Å². The second-order valence-corrected chi connectivity index (χ2v) is 9.05. The van der Waals surface area contributed by atoms with Gasteiger partial charge < -0.3 is 54.2 Å². The zero-order valence-corrected chi connectivity index (χ0v) is 22.1. The lowest BCUT2D eigenvalue weighted by molar-refractivity contribution is -0.142. The molecule has 0 aromatic heterocycles. The minimum absolute atomic E-state index is 0.0565. The Morgan fingerprint density at radius 2 is 1.37 bits per heavy atom. The fraction of sp³-hybridized carbons (Fsp3) is 0.458. The highest BCUT2D eigenvalue weighted by Crippen LogP contribution is 2.12. The lowest BCUT2D eigenvalue weighted by Crippen LogP contribution is -2.58. The number of hydrogen-bond donors (Lipinski definition) is 10. The number of aliphatic carboxylic acids is 2. The summed E-state index contributed by atoms with van der Waals surface area (Å²) in [6, 6.07) is -0.0510. The van der Waals surface area contributed by atoms with Gasteiger partial charge in [-0.3, -0.25) is 29.0 Å². The Bertz CT molecular complexity index is 1120. The lowest BCUT2D eigenvalue weighted by atomic mass is 10.0. The lowest BCUT2D eigenvalue weighted by Gasteiger charge is -2.25. The number of amides is 4. The molecule has 1 aromatic carbocycles. The first-order chi connectivity index (χ1) is 19.2. The van der Waals surface area contributed by atoms with E-state index in [-0.39, 0.29) is 43.9 Å². The highest BCUT2D eigenvalue weighted by Gasteiger charge is 2.31. The Labute approximate surface area is 234 Å². The van der Waals surface area contributed by atoms with Crippen molar-refractivity contribution in [2.24, 2.45) is 27.9 Å². The van der Waals surface area contributed by atoms with E-state index in [9.17, 15) is 39.0 Å². The Balaban J connectivity index is 3.10. The van der Waals surface area contributed by atoms with Crippen molar-refractivity contribution in [2.45, 2.75) is 62.7 Å². The van der Waals surface area contributed by atoms with Crippen LogP contribution < -0.4 is 38.9 Å². The maximum absolute atomic E-state index is 13.2. The molecule has 4 unspecified atom stereocenters. The number of carboxylic acid groups (broad SMARTS) is 2. The van der Waals surface area contributed by atoms with E-state index in [2.05, 4.69) is 20.9 Å². The first kappa shape index (κ1) is 34.1. The second kappa shape index (κ2) is 16.9. The van der Waals surface area contributed by atoms with Gasteiger partial charge in [0.15, 0.2) is 5.96 Å². The van der Waals surface area contributed by atoms with Gasteiger partial charge in [0.25, 0.3) is 0 Å². The highest BCUT2D eigenvalue weighted by molar-refractivity contribution is 5.96. The van der Waals surface area contributed by atoms with Crippen LogP contribution in [0.3, 0.4) is 0 Å². The Kier molecular flexibility index (Phi) is 14.1. The van der Waals surface area contributed by atoms with Gasteiger partial charge in [0.05, 0.1) is 12.5 Å². The molecular weight excluding hydrogens is 544 g/mol. The topological polar surface area (TPSA) is 316 Å². The molecule has 4 amide bonds. The quantitative estimate of drug-likeness (QED) is 0.0461. The van der Waals surface area contributed by atoms with Crippen LogP contribution in [0.1, 0.15) is 37.7 Å². The first-order valence-electron chi connectivity index (χ1n) is 12.4. The number of phenolic OH excluding ortho intramolecular Hbond substituents is 1. The van der Waals surface area contributed by atoms with Crippen LogP contribution in [0.4, 0.5) is 0 Å². The largest absolute Gasteiger partial charge is 0.508 e. The van der Waals surface area contributed by atoms with Crippen LogP contribution in [0.5, 0.6) is 5.75 Å². The molecule has 226 valence electrons. The molecule has 17 heteroatoms.